The number of aromatic hydroxyl groups is 1. The Morgan fingerprint density at radius 1 is 0.950 bits per heavy atom. The second-order valence-electron chi connectivity index (χ2n) is 10.7. The largest absolute Gasteiger partial charge is 0.508 e. The molecule has 4 aromatic rings. The maximum absolute atomic E-state index is 11.9. The van der Waals surface area contributed by atoms with E-state index in [0.29, 0.717) is 18.9 Å². The monoisotopic (exact) mass is 541 g/mol. The standard InChI is InChI=1S/C33H39N3O4/c1-23-30-21-27(37)11-16-31(30)36(32(23)26-9-14-29(15-10-26)40-33(38)24(2)34)22-25-7-12-28(13-8-25)39-20-19-35-17-5-3-4-6-18-35/h7-16,21,24,37H,3-6,17-20,22,34H2,1-2H3. The Balaban J connectivity index is 1.35. The molecular weight excluding hydrogens is 502 g/mol. The van der Waals surface area contributed by atoms with Crippen LogP contribution in [0.5, 0.6) is 17.2 Å². The van der Waals surface area contributed by atoms with Crippen LogP contribution in [0.25, 0.3) is 22.2 Å². The Kier molecular flexibility index (Phi) is 8.72. The van der Waals surface area contributed by atoms with Crippen molar-refractivity contribution in [3.63, 3.8) is 0 Å². The van der Waals surface area contributed by atoms with Gasteiger partial charge >= 0.3 is 5.97 Å². The highest BCUT2D eigenvalue weighted by Crippen LogP contribution is 2.36. The van der Waals surface area contributed by atoms with Crippen molar-refractivity contribution in [3.05, 3.63) is 77.9 Å². The van der Waals surface area contributed by atoms with Gasteiger partial charge in [0.15, 0.2) is 0 Å². The molecule has 1 atom stereocenters. The van der Waals surface area contributed by atoms with Gasteiger partial charge in [-0.1, -0.05) is 25.0 Å². The maximum Gasteiger partial charge on any atom is 0.328 e. The van der Waals surface area contributed by atoms with Gasteiger partial charge in [0.1, 0.15) is 29.9 Å². The normalized spacial score (nSPS) is 15.1. The number of ether oxygens (including phenoxy) is 2. The number of likely N-dealkylation sites (tertiary alicyclic amines) is 1. The fourth-order valence-corrected chi connectivity index (χ4v) is 5.46. The molecule has 0 amide bonds. The Morgan fingerprint density at radius 3 is 2.30 bits per heavy atom. The topological polar surface area (TPSA) is 90.0 Å². The van der Waals surface area contributed by atoms with Crippen molar-refractivity contribution in [1.29, 1.82) is 0 Å². The number of hydrogen-bond acceptors (Lipinski definition) is 6. The molecule has 5 rings (SSSR count). The number of benzene rings is 3. The third kappa shape index (κ3) is 6.49. The number of phenolic OH excluding ortho intramolecular Hbond substituents is 1. The van der Waals surface area contributed by atoms with E-state index in [1.165, 1.54) is 38.8 Å². The summed E-state index contributed by atoms with van der Waals surface area (Å²) < 4.78 is 13.7. The summed E-state index contributed by atoms with van der Waals surface area (Å²) in [5.74, 6) is 1.10. The molecule has 1 aromatic heterocycles. The Labute approximate surface area is 236 Å². The number of hydrogen-bond donors (Lipinski definition) is 2. The van der Waals surface area contributed by atoms with Gasteiger partial charge in [0.25, 0.3) is 0 Å². The van der Waals surface area contributed by atoms with Crippen LogP contribution in [0, 0.1) is 6.92 Å². The Bertz CT molecular complexity index is 1430. The van der Waals surface area contributed by atoms with E-state index in [9.17, 15) is 9.90 Å². The lowest BCUT2D eigenvalue weighted by molar-refractivity contribution is -0.135. The third-order valence-corrected chi connectivity index (χ3v) is 7.66. The van der Waals surface area contributed by atoms with E-state index in [0.717, 1.165) is 45.6 Å². The first kappa shape index (κ1) is 27.7. The molecule has 0 aliphatic carbocycles. The van der Waals surface area contributed by atoms with E-state index in [4.69, 9.17) is 15.2 Å². The summed E-state index contributed by atoms with van der Waals surface area (Å²) in [4.78, 5) is 14.4. The van der Waals surface area contributed by atoms with Crippen molar-refractivity contribution >= 4 is 16.9 Å². The summed E-state index contributed by atoms with van der Waals surface area (Å²) in [7, 11) is 0. The molecule has 1 saturated heterocycles. The van der Waals surface area contributed by atoms with Gasteiger partial charge in [-0.15, -0.1) is 0 Å². The van der Waals surface area contributed by atoms with Gasteiger partial charge in [0.2, 0.25) is 0 Å². The van der Waals surface area contributed by atoms with Crippen molar-refractivity contribution < 1.29 is 19.4 Å². The van der Waals surface area contributed by atoms with Gasteiger partial charge in [-0.05, 0) is 111 Å². The molecule has 210 valence electrons. The van der Waals surface area contributed by atoms with E-state index in [2.05, 4.69) is 28.5 Å². The van der Waals surface area contributed by atoms with Gasteiger partial charge in [0.05, 0.1) is 5.69 Å². The minimum Gasteiger partial charge on any atom is -0.508 e. The Morgan fingerprint density at radius 2 is 1.62 bits per heavy atom. The molecule has 7 nitrogen and oxygen atoms in total. The van der Waals surface area contributed by atoms with E-state index in [1.54, 1.807) is 25.1 Å². The number of carbonyl (C=O) groups is 1. The minimum atomic E-state index is -0.687. The molecule has 0 radical (unpaired) electrons. The van der Waals surface area contributed by atoms with Crippen LogP contribution in [0.15, 0.2) is 66.7 Å². The first-order chi connectivity index (χ1) is 19.4. The smallest absolute Gasteiger partial charge is 0.328 e. The molecule has 3 N–H and O–H groups in total. The summed E-state index contributed by atoms with van der Waals surface area (Å²) in [6, 6.07) is 20.6. The van der Waals surface area contributed by atoms with Gasteiger partial charge in [-0.25, -0.2) is 4.79 Å². The number of nitrogens with zero attached hydrogens (tertiary/aromatic N) is 2. The predicted octanol–water partition coefficient (Wildman–Crippen LogP) is 5.88. The molecule has 1 unspecified atom stereocenters. The lowest BCUT2D eigenvalue weighted by Crippen LogP contribution is -2.30. The summed E-state index contributed by atoms with van der Waals surface area (Å²) in [5.41, 5.74) is 10.9. The molecule has 2 heterocycles. The summed E-state index contributed by atoms with van der Waals surface area (Å²) >= 11 is 0. The van der Waals surface area contributed by atoms with Gasteiger partial charge in [-0.2, -0.15) is 0 Å². The van der Waals surface area contributed by atoms with Crippen LogP contribution in [-0.4, -0.2) is 52.8 Å². The molecule has 3 aromatic carbocycles. The van der Waals surface area contributed by atoms with Crippen molar-refractivity contribution in [2.24, 2.45) is 5.73 Å². The number of nitrogens with two attached hydrogens (primary N) is 1. The summed E-state index contributed by atoms with van der Waals surface area (Å²) in [6.45, 7) is 8.34. The van der Waals surface area contributed by atoms with Crippen LogP contribution < -0.4 is 15.2 Å². The van der Waals surface area contributed by atoms with E-state index >= 15 is 0 Å². The molecule has 0 saturated carbocycles. The SMILES string of the molecule is Cc1c(-c2ccc(OC(=O)C(C)N)cc2)n(Cc2ccc(OCCN3CCCCCC3)cc2)c2ccc(O)cc12. The van der Waals surface area contributed by atoms with Crippen molar-refractivity contribution in [1.82, 2.24) is 9.47 Å². The van der Waals surface area contributed by atoms with Crippen LogP contribution in [0.3, 0.4) is 0 Å². The van der Waals surface area contributed by atoms with E-state index < -0.39 is 12.0 Å². The van der Waals surface area contributed by atoms with Crippen LogP contribution in [0.2, 0.25) is 0 Å². The lowest BCUT2D eigenvalue weighted by atomic mass is 10.1. The van der Waals surface area contributed by atoms with E-state index in [-0.39, 0.29) is 5.75 Å². The first-order valence-corrected chi connectivity index (χ1v) is 14.2. The highest BCUT2D eigenvalue weighted by Gasteiger charge is 2.18. The molecule has 1 aliphatic heterocycles. The average Bonchev–Trinajstić information content (AvgIpc) is 3.09. The maximum atomic E-state index is 11.9. The number of aryl methyl sites for hydroxylation is 1. The highest BCUT2D eigenvalue weighted by atomic mass is 16.5. The van der Waals surface area contributed by atoms with Crippen molar-refractivity contribution in [2.75, 3.05) is 26.2 Å². The van der Waals surface area contributed by atoms with Gasteiger partial charge in [-0.3, -0.25) is 4.90 Å². The zero-order valence-corrected chi connectivity index (χ0v) is 23.4. The molecule has 0 bridgehead atoms. The minimum absolute atomic E-state index is 0.235. The molecule has 7 heteroatoms. The predicted molar refractivity (Wildman–Crippen MR) is 159 cm³/mol. The second kappa shape index (κ2) is 12.6. The number of aromatic nitrogens is 1. The molecule has 1 aliphatic rings. The van der Waals surface area contributed by atoms with Gasteiger partial charge in [0, 0.05) is 24.0 Å². The number of fused-ring (bicyclic) bond motifs is 1. The van der Waals surface area contributed by atoms with Crippen LogP contribution >= 0.6 is 0 Å². The number of carbonyl (C=O) groups excluding carboxylic acids is 1. The number of rotatable bonds is 9. The highest BCUT2D eigenvalue weighted by molar-refractivity contribution is 5.92. The van der Waals surface area contributed by atoms with Crippen LogP contribution in [0.4, 0.5) is 0 Å². The number of esters is 1. The average molecular weight is 542 g/mol. The lowest BCUT2D eigenvalue weighted by Gasteiger charge is -2.19. The fraction of sp³-hybridized carbons (Fsp3) is 0.364. The van der Waals surface area contributed by atoms with Crippen LogP contribution in [-0.2, 0) is 11.3 Å². The quantitative estimate of drug-likeness (QED) is 0.203. The van der Waals surface area contributed by atoms with Crippen LogP contribution in [0.1, 0.15) is 43.7 Å². The molecule has 1 fully saturated rings. The Hall–Kier alpha value is -3.81. The second-order valence-corrected chi connectivity index (χ2v) is 10.7. The summed E-state index contributed by atoms with van der Waals surface area (Å²) in [6.07, 6.45) is 5.25. The fourth-order valence-electron chi connectivity index (χ4n) is 5.46. The van der Waals surface area contributed by atoms with E-state index in [1.807, 2.05) is 36.4 Å². The number of phenols is 1. The molecular formula is C33H39N3O4. The summed E-state index contributed by atoms with van der Waals surface area (Å²) in [5, 5.41) is 11.2. The zero-order chi connectivity index (χ0) is 28.1. The van der Waals surface area contributed by atoms with Crippen molar-refractivity contribution in [2.45, 2.75) is 52.1 Å². The molecule has 40 heavy (non-hydrogen) atoms. The zero-order valence-electron chi connectivity index (χ0n) is 23.4. The van der Waals surface area contributed by atoms with Crippen molar-refractivity contribution in [3.8, 4) is 28.5 Å². The third-order valence-electron chi connectivity index (χ3n) is 7.66. The van der Waals surface area contributed by atoms with Gasteiger partial charge < -0.3 is 24.9 Å². The molecule has 0 spiro atoms. The first-order valence-electron chi connectivity index (χ1n) is 14.2.